The fraction of sp³-hybridized carbons (Fsp3) is 1.00. The van der Waals surface area contributed by atoms with Crippen molar-refractivity contribution in [1.29, 1.82) is 0 Å². The van der Waals surface area contributed by atoms with E-state index in [4.69, 9.17) is 5.73 Å². The molecule has 0 heterocycles. The summed E-state index contributed by atoms with van der Waals surface area (Å²) in [6, 6.07) is 0.506. The van der Waals surface area contributed by atoms with Gasteiger partial charge < -0.3 is 5.73 Å². The topological polar surface area (TPSA) is 26.0 Å². The van der Waals surface area contributed by atoms with Crippen molar-refractivity contribution in [2.45, 2.75) is 91.0 Å². The summed E-state index contributed by atoms with van der Waals surface area (Å²) in [5.74, 6) is 6.90. The Kier molecular flexibility index (Phi) is 5.53. The van der Waals surface area contributed by atoms with Crippen molar-refractivity contribution in [3.63, 3.8) is 0 Å². The summed E-state index contributed by atoms with van der Waals surface area (Å²) in [6.07, 6.45) is 14.4. The number of fused-ring (bicyclic) bond motifs is 1. The molecule has 0 spiro atoms. The molecule has 3 aliphatic carbocycles. The van der Waals surface area contributed by atoms with Crippen molar-refractivity contribution < 1.29 is 0 Å². The molecule has 6 unspecified atom stereocenters. The minimum atomic E-state index is 0.506. The van der Waals surface area contributed by atoms with Gasteiger partial charge in [-0.15, -0.1) is 0 Å². The lowest BCUT2D eigenvalue weighted by Crippen LogP contribution is -2.45. The maximum atomic E-state index is 6.27. The standard InChI is InChI=1S/C21H39N/c1-4-18-19-12-10-17(22)13-16(19)9-11-20(18)21-14(2)7-5-6-8-15(21)3/h14-21H,4-13,22H2,1-3H3/t14?,15?,16?,17-,18?,19?,20?,21?/m1/s1. The normalized spacial score (nSPS) is 50.2. The zero-order valence-corrected chi connectivity index (χ0v) is 15.3. The average Bonchev–Trinajstić information content (AvgIpc) is 2.67. The maximum absolute atomic E-state index is 6.27. The van der Waals surface area contributed by atoms with E-state index in [1.54, 1.807) is 0 Å². The number of hydrogen-bond acceptors (Lipinski definition) is 1. The van der Waals surface area contributed by atoms with Crippen LogP contribution in [0.3, 0.4) is 0 Å². The molecule has 0 aromatic carbocycles. The molecule has 128 valence electrons. The van der Waals surface area contributed by atoms with E-state index in [9.17, 15) is 0 Å². The van der Waals surface area contributed by atoms with Gasteiger partial charge in [-0.05, 0) is 73.5 Å². The van der Waals surface area contributed by atoms with Gasteiger partial charge in [-0.25, -0.2) is 0 Å². The highest BCUT2D eigenvalue weighted by Crippen LogP contribution is 2.53. The van der Waals surface area contributed by atoms with Gasteiger partial charge in [0.25, 0.3) is 0 Å². The Hall–Kier alpha value is -0.0400. The molecule has 2 N–H and O–H groups in total. The third kappa shape index (κ3) is 3.25. The van der Waals surface area contributed by atoms with E-state index in [-0.39, 0.29) is 0 Å². The second kappa shape index (κ2) is 7.24. The van der Waals surface area contributed by atoms with Crippen molar-refractivity contribution in [3.8, 4) is 0 Å². The molecule has 3 rings (SSSR count). The van der Waals surface area contributed by atoms with Crippen LogP contribution in [0, 0.1) is 41.4 Å². The Morgan fingerprint density at radius 1 is 0.818 bits per heavy atom. The predicted molar refractivity (Wildman–Crippen MR) is 95.6 cm³/mol. The molecule has 22 heavy (non-hydrogen) atoms. The monoisotopic (exact) mass is 305 g/mol. The number of nitrogens with two attached hydrogens (primary N) is 1. The third-order valence-corrected chi connectivity index (χ3v) is 7.90. The van der Waals surface area contributed by atoms with Gasteiger partial charge in [-0.1, -0.05) is 52.9 Å². The first kappa shape index (κ1) is 16.8. The van der Waals surface area contributed by atoms with Crippen LogP contribution >= 0.6 is 0 Å². The van der Waals surface area contributed by atoms with E-state index in [0.717, 1.165) is 41.4 Å². The Bertz CT molecular complexity index is 340. The molecule has 0 saturated heterocycles. The van der Waals surface area contributed by atoms with Crippen molar-refractivity contribution in [2.24, 2.45) is 47.2 Å². The molecular formula is C21H39N. The average molecular weight is 306 g/mol. The summed E-state index contributed by atoms with van der Waals surface area (Å²) in [6.45, 7) is 7.62. The Balaban J connectivity index is 1.77. The molecular weight excluding hydrogens is 266 g/mol. The summed E-state index contributed by atoms with van der Waals surface area (Å²) in [4.78, 5) is 0. The summed E-state index contributed by atoms with van der Waals surface area (Å²) in [5, 5.41) is 0. The molecule has 3 saturated carbocycles. The van der Waals surface area contributed by atoms with Crippen LogP contribution in [0.25, 0.3) is 0 Å². The Morgan fingerprint density at radius 2 is 1.45 bits per heavy atom. The largest absolute Gasteiger partial charge is 0.328 e. The van der Waals surface area contributed by atoms with Crippen LogP contribution < -0.4 is 5.73 Å². The van der Waals surface area contributed by atoms with Crippen LogP contribution in [0.5, 0.6) is 0 Å². The van der Waals surface area contributed by atoms with Gasteiger partial charge in [0.2, 0.25) is 0 Å². The van der Waals surface area contributed by atoms with E-state index in [2.05, 4.69) is 20.8 Å². The lowest BCUT2D eigenvalue weighted by atomic mass is 9.55. The van der Waals surface area contributed by atoms with Gasteiger partial charge in [-0.3, -0.25) is 0 Å². The second-order valence-corrected chi connectivity index (χ2v) is 9.13. The van der Waals surface area contributed by atoms with Crippen molar-refractivity contribution in [3.05, 3.63) is 0 Å². The molecule has 0 amide bonds. The number of hydrogen-bond donors (Lipinski definition) is 1. The van der Waals surface area contributed by atoms with E-state index in [0.29, 0.717) is 6.04 Å². The molecule has 7 atom stereocenters. The van der Waals surface area contributed by atoms with Gasteiger partial charge in [0.05, 0.1) is 0 Å². The van der Waals surface area contributed by atoms with Gasteiger partial charge in [0.15, 0.2) is 0 Å². The van der Waals surface area contributed by atoms with Crippen LogP contribution in [0.4, 0.5) is 0 Å². The highest BCUT2D eigenvalue weighted by molar-refractivity contribution is 4.96. The van der Waals surface area contributed by atoms with Crippen LogP contribution in [-0.4, -0.2) is 6.04 Å². The number of rotatable bonds is 2. The van der Waals surface area contributed by atoms with Gasteiger partial charge in [0.1, 0.15) is 0 Å². The van der Waals surface area contributed by atoms with E-state index in [1.165, 1.54) is 64.2 Å². The fourth-order valence-electron chi connectivity index (χ4n) is 6.96. The summed E-state index contributed by atoms with van der Waals surface area (Å²) in [5.41, 5.74) is 6.27. The maximum Gasteiger partial charge on any atom is 0.00416 e. The van der Waals surface area contributed by atoms with Crippen LogP contribution in [0.2, 0.25) is 0 Å². The Labute approximate surface area is 138 Å². The van der Waals surface area contributed by atoms with E-state index >= 15 is 0 Å². The predicted octanol–water partition coefficient (Wildman–Crippen LogP) is 5.63. The first-order valence-corrected chi connectivity index (χ1v) is 10.4. The smallest absolute Gasteiger partial charge is 0.00416 e. The molecule has 3 fully saturated rings. The molecule has 0 bridgehead atoms. The van der Waals surface area contributed by atoms with E-state index in [1.807, 2.05) is 0 Å². The minimum absolute atomic E-state index is 0.506. The molecule has 0 aromatic rings. The first-order valence-electron chi connectivity index (χ1n) is 10.4. The zero-order chi connectivity index (χ0) is 15.7. The highest BCUT2D eigenvalue weighted by Gasteiger charge is 2.45. The molecule has 1 nitrogen and oxygen atoms in total. The van der Waals surface area contributed by atoms with Gasteiger partial charge in [0, 0.05) is 6.04 Å². The SMILES string of the molecule is CCC1C2CC[C@@H](N)CC2CCC1C1C(C)CCCCC1C. The van der Waals surface area contributed by atoms with E-state index < -0.39 is 0 Å². The zero-order valence-electron chi connectivity index (χ0n) is 15.3. The highest BCUT2D eigenvalue weighted by atomic mass is 14.7. The van der Waals surface area contributed by atoms with Crippen LogP contribution in [0.15, 0.2) is 0 Å². The lowest BCUT2D eigenvalue weighted by Gasteiger charge is -2.51. The summed E-state index contributed by atoms with van der Waals surface area (Å²) in [7, 11) is 0. The third-order valence-electron chi connectivity index (χ3n) is 7.90. The second-order valence-electron chi connectivity index (χ2n) is 9.13. The summed E-state index contributed by atoms with van der Waals surface area (Å²) < 4.78 is 0. The molecule has 0 aliphatic heterocycles. The van der Waals surface area contributed by atoms with Crippen LogP contribution in [0.1, 0.15) is 85.0 Å². The summed E-state index contributed by atoms with van der Waals surface area (Å²) >= 11 is 0. The van der Waals surface area contributed by atoms with Gasteiger partial charge >= 0.3 is 0 Å². The van der Waals surface area contributed by atoms with Crippen molar-refractivity contribution in [2.75, 3.05) is 0 Å². The minimum Gasteiger partial charge on any atom is -0.328 e. The Morgan fingerprint density at radius 3 is 2.09 bits per heavy atom. The molecule has 0 radical (unpaired) electrons. The van der Waals surface area contributed by atoms with Crippen molar-refractivity contribution >= 4 is 0 Å². The van der Waals surface area contributed by atoms with Crippen molar-refractivity contribution in [1.82, 2.24) is 0 Å². The first-order chi connectivity index (χ1) is 10.6. The lowest BCUT2D eigenvalue weighted by molar-refractivity contribution is -0.00999. The fourth-order valence-corrected chi connectivity index (χ4v) is 6.96. The quantitative estimate of drug-likeness (QED) is 0.657. The molecule has 1 heteroatoms. The molecule has 0 aromatic heterocycles. The van der Waals surface area contributed by atoms with Crippen LogP contribution in [-0.2, 0) is 0 Å². The molecule has 3 aliphatic rings. The van der Waals surface area contributed by atoms with Gasteiger partial charge in [-0.2, -0.15) is 0 Å².